The van der Waals surface area contributed by atoms with Gasteiger partial charge in [0.25, 0.3) is 0 Å². The van der Waals surface area contributed by atoms with E-state index in [0.29, 0.717) is 0 Å². The molecule has 4 heteroatoms. The fourth-order valence-corrected chi connectivity index (χ4v) is 7.46. The molecule has 5 aromatic carbocycles. The molecule has 4 aromatic heterocycles. The van der Waals surface area contributed by atoms with Gasteiger partial charge in [-0.1, -0.05) is 60.7 Å². The van der Waals surface area contributed by atoms with Gasteiger partial charge in [0.1, 0.15) is 5.65 Å². The molecule has 0 aliphatic carbocycles. The zero-order chi connectivity index (χ0) is 24.1. The zero-order valence-corrected chi connectivity index (χ0v) is 20.5. The number of aromatic nitrogens is 3. The number of benzene rings is 5. The van der Waals surface area contributed by atoms with Crippen molar-refractivity contribution in [3.63, 3.8) is 0 Å². The van der Waals surface area contributed by atoms with E-state index in [9.17, 15) is 0 Å². The van der Waals surface area contributed by atoms with Crippen LogP contribution in [0.5, 0.6) is 0 Å². The van der Waals surface area contributed by atoms with E-state index >= 15 is 0 Å². The number of pyridine rings is 1. The number of rotatable bonds is 1. The smallest absolute Gasteiger partial charge is 0.145 e. The van der Waals surface area contributed by atoms with Crippen LogP contribution in [-0.2, 0) is 0 Å². The maximum atomic E-state index is 4.79. The molecule has 0 saturated carbocycles. The van der Waals surface area contributed by atoms with Gasteiger partial charge in [-0.2, -0.15) is 0 Å². The van der Waals surface area contributed by atoms with E-state index in [2.05, 4.69) is 118 Å². The summed E-state index contributed by atoms with van der Waals surface area (Å²) in [7, 11) is 0. The number of nitrogens with zero attached hydrogens (tertiary/aromatic N) is 3. The minimum Gasteiger partial charge on any atom is -0.309 e. The third kappa shape index (κ3) is 2.48. The molecule has 0 aliphatic rings. The summed E-state index contributed by atoms with van der Waals surface area (Å²) in [6, 6.07) is 37.5. The molecule has 0 aliphatic heterocycles. The summed E-state index contributed by atoms with van der Waals surface area (Å²) >= 11 is 1.90. The fraction of sp³-hybridized carbons (Fsp3) is 0. The van der Waals surface area contributed by atoms with Crippen molar-refractivity contribution in [3.8, 4) is 5.69 Å². The molecular weight excluding hydrogens is 470 g/mol. The lowest BCUT2D eigenvalue weighted by molar-refractivity contribution is 1.18. The highest BCUT2D eigenvalue weighted by atomic mass is 32.1. The van der Waals surface area contributed by atoms with Gasteiger partial charge < -0.3 is 4.57 Å². The Morgan fingerprint density at radius 3 is 2.30 bits per heavy atom. The van der Waals surface area contributed by atoms with Crippen molar-refractivity contribution < 1.29 is 0 Å². The van der Waals surface area contributed by atoms with E-state index in [1.807, 2.05) is 17.5 Å². The predicted octanol–water partition coefficient (Wildman–Crippen LogP) is 9.11. The molecule has 0 unspecified atom stereocenters. The van der Waals surface area contributed by atoms with Crippen molar-refractivity contribution in [3.05, 3.63) is 116 Å². The van der Waals surface area contributed by atoms with Gasteiger partial charge >= 0.3 is 0 Å². The molecule has 0 fully saturated rings. The average Bonchev–Trinajstić information content (AvgIpc) is 3.66. The van der Waals surface area contributed by atoms with Crippen molar-refractivity contribution in [2.75, 3.05) is 0 Å². The maximum absolute atomic E-state index is 4.79. The van der Waals surface area contributed by atoms with Gasteiger partial charge in [-0.25, -0.2) is 4.98 Å². The molecule has 172 valence electrons. The highest BCUT2D eigenvalue weighted by molar-refractivity contribution is 7.26. The van der Waals surface area contributed by atoms with Crippen LogP contribution in [0.1, 0.15) is 0 Å². The number of fused-ring (bicyclic) bond motifs is 13. The van der Waals surface area contributed by atoms with Crippen LogP contribution in [-0.4, -0.2) is 14.0 Å². The fourth-order valence-electron chi connectivity index (χ4n) is 6.20. The summed E-state index contributed by atoms with van der Waals surface area (Å²) in [6.07, 6.45) is 3.97. The third-order valence-electron chi connectivity index (χ3n) is 7.76. The molecule has 0 amide bonds. The Kier molecular flexibility index (Phi) is 3.67. The SMILES string of the molecule is c1ccc(-n2c3cc4c(cc3c3c5sc6ccccc6c5ccc32)c2ccccc2n2ccnc42)cc1. The van der Waals surface area contributed by atoms with Crippen LogP contribution in [0.2, 0.25) is 0 Å². The second-order valence-corrected chi connectivity index (χ2v) is 10.7. The molecule has 0 spiro atoms. The highest BCUT2D eigenvalue weighted by Gasteiger charge is 2.20. The van der Waals surface area contributed by atoms with E-state index in [-0.39, 0.29) is 0 Å². The summed E-state index contributed by atoms with van der Waals surface area (Å²) < 4.78 is 7.31. The van der Waals surface area contributed by atoms with E-state index in [4.69, 9.17) is 4.98 Å². The van der Waals surface area contributed by atoms with Crippen molar-refractivity contribution in [2.45, 2.75) is 0 Å². The van der Waals surface area contributed by atoms with Gasteiger partial charge in [0.05, 0.1) is 16.6 Å². The van der Waals surface area contributed by atoms with Gasteiger partial charge in [-0.05, 0) is 47.9 Å². The average molecular weight is 490 g/mol. The molecule has 0 atom stereocenters. The standard InChI is InChI=1S/C33H19N3S/c1-2-8-20(9-3-1)36-28-15-14-23-22-11-5-7-13-30(22)37-32(23)31(28)26-18-24-21-10-4-6-12-27(21)35-17-16-34-33(35)25(24)19-29(26)36/h1-19H. The van der Waals surface area contributed by atoms with Crippen molar-refractivity contribution in [1.29, 1.82) is 0 Å². The summed E-state index contributed by atoms with van der Waals surface area (Å²) in [5.74, 6) is 0. The monoisotopic (exact) mass is 489 g/mol. The van der Waals surface area contributed by atoms with Gasteiger partial charge in [0, 0.05) is 59.8 Å². The number of thiophene rings is 1. The number of hydrogen-bond acceptors (Lipinski definition) is 2. The van der Waals surface area contributed by atoms with Crippen molar-refractivity contribution >= 4 is 80.6 Å². The van der Waals surface area contributed by atoms with Gasteiger partial charge in [-0.15, -0.1) is 11.3 Å². The molecule has 0 bridgehead atoms. The lowest BCUT2D eigenvalue weighted by atomic mass is 10.0. The molecular formula is C33H19N3S. The summed E-state index contributed by atoms with van der Waals surface area (Å²) in [6.45, 7) is 0. The van der Waals surface area contributed by atoms with Crippen LogP contribution in [0.15, 0.2) is 116 Å². The lowest BCUT2D eigenvalue weighted by Crippen LogP contribution is -1.94. The second-order valence-electron chi connectivity index (χ2n) is 9.66. The highest BCUT2D eigenvalue weighted by Crippen LogP contribution is 2.45. The van der Waals surface area contributed by atoms with Crippen molar-refractivity contribution in [2.24, 2.45) is 0 Å². The van der Waals surface area contributed by atoms with E-state index in [1.165, 1.54) is 69.3 Å². The van der Waals surface area contributed by atoms with Gasteiger partial charge in [-0.3, -0.25) is 4.40 Å². The Morgan fingerprint density at radius 2 is 1.38 bits per heavy atom. The number of imidazole rings is 1. The van der Waals surface area contributed by atoms with Gasteiger partial charge in [0.15, 0.2) is 0 Å². The first-order valence-corrected chi connectivity index (χ1v) is 13.3. The van der Waals surface area contributed by atoms with Crippen molar-refractivity contribution in [1.82, 2.24) is 14.0 Å². The predicted molar refractivity (Wildman–Crippen MR) is 157 cm³/mol. The topological polar surface area (TPSA) is 22.2 Å². The van der Waals surface area contributed by atoms with E-state index < -0.39 is 0 Å². The first-order valence-electron chi connectivity index (χ1n) is 12.5. The molecule has 37 heavy (non-hydrogen) atoms. The van der Waals surface area contributed by atoms with Crippen LogP contribution in [0.3, 0.4) is 0 Å². The van der Waals surface area contributed by atoms with Gasteiger partial charge in [0.2, 0.25) is 0 Å². The molecule has 4 heterocycles. The normalized spacial score (nSPS) is 12.3. The molecule has 0 saturated heterocycles. The third-order valence-corrected chi connectivity index (χ3v) is 8.97. The van der Waals surface area contributed by atoms with Crippen LogP contribution in [0.4, 0.5) is 0 Å². The Labute approximate surface area is 215 Å². The minimum atomic E-state index is 0.993. The summed E-state index contributed by atoms with van der Waals surface area (Å²) in [5, 5.41) is 8.92. The van der Waals surface area contributed by atoms with Crippen LogP contribution >= 0.6 is 11.3 Å². The quantitative estimate of drug-likeness (QED) is 0.211. The van der Waals surface area contributed by atoms with Crippen LogP contribution < -0.4 is 0 Å². The minimum absolute atomic E-state index is 0.993. The summed E-state index contributed by atoms with van der Waals surface area (Å²) in [5.41, 5.74) is 5.79. The molecule has 9 aromatic rings. The second kappa shape index (κ2) is 6.96. The lowest BCUT2D eigenvalue weighted by Gasteiger charge is -2.11. The number of hydrogen-bond donors (Lipinski definition) is 0. The molecule has 3 nitrogen and oxygen atoms in total. The Hall–Kier alpha value is -4.67. The first-order chi connectivity index (χ1) is 18.4. The zero-order valence-electron chi connectivity index (χ0n) is 19.7. The first kappa shape index (κ1) is 19.5. The van der Waals surface area contributed by atoms with E-state index in [0.717, 1.165) is 5.65 Å². The Morgan fingerprint density at radius 1 is 0.568 bits per heavy atom. The Balaban J connectivity index is 1.58. The molecule has 0 N–H and O–H groups in total. The Bertz CT molecular complexity index is 2350. The molecule has 9 rings (SSSR count). The number of para-hydroxylation sites is 2. The largest absolute Gasteiger partial charge is 0.309 e. The van der Waals surface area contributed by atoms with Crippen LogP contribution in [0.25, 0.3) is 75.0 Å². The van der Waals surface area contributed by atoms with E-state index in [1.54, 1.807) is 0 Å². The molecule has 0 radical (unpaired) electrons. The summed E-state index contributed by atoms with van der Waals surface area (Å²) in [4.78, 5) is 4.79. The van der Waals surface area contributed by atoms with Crippen LogP contribution in [0, 0.1) is 0 Å². The maximum Gasteiger partial charge on any atom is 0.145 e.